The summed E-state index contributed by atoms with van der Waals surface area (Å²) < 4.78 is 39.5. The quantitative estimate of drug-likeness (QED) is 0.464. The lowest BCUT2D eigenvalue weighted by molar-refractivity contribution is -0.137. The van der Waals surface area contributed by atoms with Gasteiger partial charge in [-0.1, -0.05) is 6.07 Å². The highest BCUT2D eigenvalue weighted by molar-refractivity contribution is 7.11. The minimum Gasteiger partial charge on any atom is -0.335 e. The molecule has 0 bridgehead atoms. The smallest absolute Gasteiger partial charge is 0.335 e. The number of halogens is 3. The number of aryl methyl sites for hydroxylation is 1. The van der Waals surface area contributed by atoms with Gasteiger partial charge >= 0.3 is 6.18 Å². The Kier molecular flexibility index (Phi) is 7.28. The summed E-state index contributed by atoms with van der Waals surface area (Å²) in [5, 5.41) is 2.30. The van der Waals surface area contributed by atoms with Gasteiger partial charge in [-0.15, -0.1) is 11.3 Å². The van der Waals surface area contributed by atoms with Crippen molar-refractivity contribution >= 4 is 34.7 Å². The summed E-state index contributed by atoms with van der Waals surface area (Å²) in [6.45, 7) is 4.36. The molecule has 0 aliphatic carbocycles. The number of alkyl halides is 3. The number of hydrogen-bond acceptors (Lipinski definition) is 6. The van der Waals surface area contributed by atoms with E-state index in [0.29, 0.717) is 61.8 Å². The van der Waals surface area contributed by atoms with Crippen molar-refractivity contribution in [3.8, 4) is 0 Å². The van der Waals surface area contributed by atoms with Crippen molar-refractivity contribution in [3.63, 3.8) is 0 Å². The van der Waals surface area contributed by atoms with Gasteiger partial charge in [-0.25, -0.2) is 4.98 Å². The van der Waals surface area contributed by atoms with Gasteiger partial charge in [-0.05, 0) is 54.8 Å². The number of hydrogen-bond donors (Lipinski definition) is 0. The number of carbonyl (C=O) groups is 3. The molecule has 0 saturated carbocycles. The van der Waals surface area contributed by atoms with Gasteiger partial charge in [-0.3, -0.25) is 19.3 Å². The Balaban J connectivity index is 1.07. The summed E-state index contributed by atoms with van der Waals surface area (Å²) in [6.07, 6.45) is -1.57. The Morgan fingerprint density at radius 1 is 0.854 bits per heavy atom. The summed E-state index contributed by atoms with van der Waals surface area (Å²) in [4.78, 5) is 50.5. The normalized spacial score (nSPS) is 18.2. The Labute approximate surface area is 239 Å². The highest BCUT2D eigenvalue weighted by Gasteiger charge is 2.38. The molecule has 214 valence electrons. The number of thiazole rings is 1. The van der Waals surface area contributed by atoms with Gasteiger partial charge in [0.1, 0.15) is 0 Å². The molecular weight excluding hydrogens is 555 g/mol. The maximum absolute atomic E-state index is 13.2. The molecule has 3 aromatic rings. The first-order valence-corrected chi connectivity index (χ1v) is 14.4. The second-order valence-corrected chi connectivity index (χ2v) is 11.4. The lowest BCUT2D eigenvalue weighted by atomic mass is 9.96. The van der Waals surface area contributed by atoms with E-state index in [0.717, 1.165) is 30.8 Å². The molecule has 0 spiro atoms. The van der Waals surface area contributed by atoms with Crippen LogP contribution in [0, 0.1) is 0 Å². The minimum absolute atomic E-state index is 0.0205. The Morgan fingerprint density at radius 2 is 1.61 bits per heavy atom. The van der Waals surface area contributed by atoms with Crippen LogP contribution in [0.4, 0.5) is 18.9 Å². The van der Waals surface area contributed by atoms with E-state index in [1.54, 1.807) is 34.7 Å². The van der Waals surface area contributed by atoms with Crippen LogP contribution < -0.4 is 4.90 Å². The zero-order valence-electron chi connectivity index (χ0n) is 22.1. The van der Waals surface area contributed by atoms with Crippen molar-refractivity contribution in [2.45, 2.75) is 25.1 Å². The topological polar surface area (TPSA) is 77.1 Å². The van der Waals surface area contributed by atoms with Gasteiger partial charge in [0, 0.05) is 80.2 Å². The van der Waals surface area contributed by atoms with Crippen molar-refractivity contribution < 1.29 is 27.6 Å². The third-order valence-electron chi connectivity index (χ3n) is 8.01. The number of anilines is 1. The summed E-state index contributed by atoms with van der Waals surface area (Å²) in [5.74, 6) is -0.606. The molecule has 3 amide bonds. The standard InChI is InChI=1S/C29H28F3N5O3S/c30-29(31,32)22-5-1-3-20(16-22)27(39)37-9-2-4-19-15-21(6-7-24(19)37)26(38)36-17-23(18-36)34-10-12-35(13-11-34)28(40)25-33-8-14-41-25/h1,3,5-8,14-16,23H,2,4,9-13,17-18H2. The van der Waals surface area contributed by atoms with Crippen LogP contribution in [0.2, 0.25) is 0 Å². The molecule has 4 heterocycles. The maximum atomic E-state index is 13.2. The molecule has 12 heteroatoms. The number of piperazine rings is 1. The van der Waals surface area contributed by atoms with Crippen LogP contribution in [0.3, 0.4) is 0 Å². The average Bonchev–Trinajstić information content (AvgIpc) is 3.50. The summed E-state index contributed by atoms with van der Waals surface area (Å²) >= 11 is 1.34. The van der Waals surface area contributed by atoms with Crippen molar-refractivity contribution in [2.75, 3.05) is 50.7 Å². The van der Waals surface area contributed by atoms with E-state index in [1.807, 2.05) is 4.90 Å². The molecule has 0 atom stereocenters. The van der Waals surface area contributed by atoms with Crippen LogP contribution in [0.15, 0.2) is 54.0 Å². The van der Waals surface area contributed by atoms with E-state index in [9.17, 15) is 27.6 Å². The van der Waals surface area contributed by atoms with Crippen LogP contribution in [0.1, 0.15) is 48.1 Å². The number of nitrogens with zero attached hydrogens (tertiary/aromatic N) is 5. The predicted molar refractivity (Wildman–Crippen MR) is 147 cm³/mol. The second kappa shape index (κ2) is 10.9. The number of likely N-dealkylation sites (tertiary alicyclic amines) is 1. The number of aromatic nitrogens is 1. The molecule has 2 saturated heterocycles. The number of carbonyl (C=O) groups excluding carboxylic acids is 3. The molecular formula is C29H28F3N5O3S. The summed E-state index contributed by atoms with van der Waals surface area (Å²) in [7, 11) is 0. The van der Waals surface area contributed by atoms with E-state index < -0.39 is 17.6 Å². The van der Waals surface area contributed by atoms with E-state index >= 15 is 0 Å². The molecule has 1 aromatic heterocycles. The van der Waals surface area contributed by atoms with Gasteiger partial charge in [0.05, 0.1) is 5.56 Å². The minimum atomic E-state index is -4.53. The lowest BCUT2D eigenvalue weighted by Crippen LogP contribution is -2.64. The van der Waals surface area contributed by atoms with Crippen LogP contribution >= 0.6 is 11.3 Å². The Bertz CT molecular complexity index is 1460. The summed E-state index contributed by atoms with van der Waals surface area (Å²) in [6, 6.07) is 9.93. The first-order chi connectivity index (χ1) is 19.7. The summed E-state index contributed by atoms with van der Waals surface area (Å²) in [5.41, 5.74) is 1.12. The van der Waals surface area contributed by atoms with Crippen LogP contribution in [0.5, 0.6) is 0 Å². The first kappa shape index (κ1) is 27.4. The lowest BCUT2D eigenvalue weighted by Gasteiger charge is -2.48. The van der Waals surface area contributed by atoms with E-state index in [1.165, 1.54) is 28.4 Å². The molecule has 3 aliphatic heterocycles. The average molecular weight is 584 g/mol. The zero-order valence-corrected chi connectivity index (χ0v) is 23.0. The third kappa shape index (κ3) is 5.45. The third-order valence-corrected chi connectivity index (χ3v) is 8.77. The first-order valence-electron chi connectivity index (χ1n) is 13.5. The van der Waals surface area contributed by atoms with Crippen LogP contribution in [0.25, 0.3) is 0 Å². The predicted octanol–water partition coefficient (Wildman–Crippen LogP) is 4.04. The van der Waals surface area contributed by atoms with Gasteiger partial charge in [0.15, 0.2) is 5.01 Å². The van der Waals surface area contributed by atoms with Crippen molar-refractivity contribution in [1.29, 1.82) is 0 Å². The second-order valence-electron chi connectivity index (χ2n) is 10.5. The molecule has 6 rings (SSSR count). The van der Waals surface area contributed by atoms with Gasteiger partial charge < -0.3 is 14.7 Å². The molecule has 2 aromatic carbocycles. The molecule has 0 unspecified atom stereocenters. The fourth-order valence-corrected chi connectivity index (χ4v) is 6.32. The van der Waals surface area contributed by atoms with Crippen molar-refractivity contribution in [2.24, 2.45) is 0 Å². The maximum Gasteiger partial charge on any atom is 0.416 e. The Morgan fingerprint density at radius 3 is 2.32 bits per heavy atom. The fraction of sp³-hybridized carbons (Fsp3) is 0.379. The number of fused-ring (bicyclic) bond motifs is 1. The van der Waals surface area contributed by atoms with E-state index in [2.05, 4.69) is 9.88 Å². The van der Waals surface area contributed by atoms with Gasteiger partial charge in [-0.2, -0.15) is 13.2 Å². The molecule has 3 aliphatic rings. The fourth-order valence-electron chi connectivity index (χ4n) is 5.71. The van der Waals surface area contributed by atoms with E-state index in [-0.39, 0.29) is 23.4 Å². The SMILES string of the molecule is O=C(c1ccc2c(c1)CCCN2C(=O)c1cccc(C(F)(F)F)c1)N1CC(N2CCN(C(=O)c3nccs3)CC2)C1. The highest BCUT2D eigenvalue weighted by atomic mass is 32.1. The van der Waals surface area contributed by atoms with Crippen molar-refractivity contribution in [1.82, 2.24) is 19.7 Å². The molecule has 0 N–H and O–H groups in total. The zero-order chi connectivity index (χ0) is 28.7. The van der Waals surface area contributed by atoms with Crippen LogP contribution in [-0.4, -0.2) is 89.3 Å². The number of benzene rings is 2. The van der Waals surface area contributed by atoms with Gasteiger partial charge in [0.25, 0.3) is 17.7 Å². The number of rotatable bonds is 4. The van der Waals surface area contributed by atoms with Crippen LogP contribution in [-0.2, 0) is 12.6 Å². The molecule has 8 nitrogen and oxygen atoms in total. The monoisotopic (exact) mass is 583 g/mol. The highest BCUT2D eigenvalue weighted by Crippen LogP contribution is 2.33. The van der Waals surface area contributed by atoms with E-state index in [4.69, 9.17) is 0 Å². The Hall–Kier alpha value is -3.77. The largest absolute Gasteiger partial charge is 0.416 e. The van der Waals surface area contributed by atoms with Gasteiger partial charge in [0.2, 0.25) is 0 Å². The molecule has 41 heavy (non-hydrogen) atoms. The molecule has 0 radical (unpaired) electrons. The van der Waals surface area contributed by atoms with Crippen molar-refractivity contribution in [3.05, 3.63) is 81.3 Å². The molecule has 2 fully saturated rings. The number of amides is 3.